The van der Waals surface area contributed by atoms with Gasteiger partial charge in [-0.15, -0.1) is 0 Å². The van der Waals surface area contributed by atoms with Crippen LogP contribution in [0.25, 0.3) is 0 Å². The smallest absolute Gasteiger partial charge is 0.0817 e. The van der Waals surface area contributed by atoms with E-state index in [2.05, 4.69) is 45.1 Å². The van der Waals surface area contributed by atoms with Crippen LogP contribution in [0.3, 0.4) is 0 Å². The summed E-state index contributed by atoms with van der Waals surface area (Å²) in [6.45, 7) is 1.95. The van der Waals surface area contributed by atoms with Crippen LogP contribution in [-0.4, -0.2) is 18.2 Å². The summed E-state index contributed by atoms with van der Waals surface area (Å²) in [6.07, 6.45) is 1.44. The number of hydrogen-bond acceptors (Lipinski definition) is 2. The van der Waals surface area contributed by atoms with Crippen molar-refractivity contribution in [1.29, 1.82) is 0 Å². The predicted octanol–water partition coefficient (Wildman–Crippen LogP) is 3.94. The lowest BCUT2D eigenvalue weighted by Crippen LogP contribution is -2.23. The highest BCUT2D eigenvalue weighted by atomic mass is 79.9. The molecular weight excluding hydrogens is 314 g/mol. The normalized spacial score (nSPS) is 15.2. The second-order valence-electron chi connectivity index (χ2n) is 5.19. The summed E-state index contributed by atoms with van der Waals surface area (Å²) < 4.78 is 0.981. The lowest BCUT2D eigenvalue weighted by molar-refractivity contribution is 0.169. The lowest BCUT2D eigenvalue weighted by atomic mass is 10.1. The van der Waals surface area contributed by atoms with Gasteiger partial charge in [0.1, 0.15) is 0 Å². The van der Waals surface area contributed by atoms with Crippen molar-refractivity contribution in [1.82, 2.24) is 0 Å². The molecule has 2 nitrogen and oxygen atoms in total. The number of fused-ring (bicyclic) bond motifs is 1. The zero-order valence-corrected chi connectivity index (χ0v) is 12.9. The van der Waals surface area contributed by atoms with Crippen LogP contribution < -0.4 is 4.90 Å². The summed E-state index contributed by atoms with van der Waals surface area (Å²) in [4.78, 5) is 2.37. The number of hydrogen-bond donors (Lipinski definition) is 1. The van der Waals surface area contributed by atoms with Gasteiger partial charge < -0.3 is 10.0 Å². The van der Waals surface area contributed by atoms with Gasteiger partial charge in [-0.3, -0.25) is 0 Å². The van der Waals surface area contributed by atoms with Crippen LogP contribution in [0.15, 0.2) is 53.0 Å². The largest absolute Gasteiger partial charge is 0.388 e. The van der Waals surface area contributed by atoms with Crippen molar-refractivity contribution in [2.45, 2.75) is 18.9 Å². The van der Waals surface area contributed by atoms with Gasteiger partial charge in [-0.25, -0.2) is 0 Å². The van der Waals surface area contributed by atoms with Gasteiger partial charge in [-0.1, -0.05) is 52.3 Å². The first-order chi connectivity index (χ1) is 9.75. The number of halogens is 1. The number of aliphatic hydroxyl groups is 1. The van der Waals surface area contributed by atoms with E-state index in [1.807, 2.05) is 24.3 Å². The Morgan fingerprint density at radius 3 is 2.70 bits per heavy atom. The van der Waals surface area contributed by atoms with E-state index < -0.39 is 6.10 Å². The molecule has 3 heteroatoms. The number of aliphatic hydroxyl groups excluding tert-OH is 1. The van der Waals surface area contributed by atoms with Crippen molar-refractivity contribution in [2.24, 2.45) is 0 Å². The molecule has 0 fully saturated rings. The molecule has 0 bridgehead atoms. The Morgan fingerprint density at radius 2 is 1.85 bits per heavy atom. The second kappa shape index (κ2) is 5.98. The first kappa shape index (κ1) is 13.7. The van der Waals surface area contributed by atoms with E-state index in [1.54, 1.807) is 0 Å². The average molecular weight is 332 g/mol. The SMILES string of the molecule is OC(CCN1CCc2ccccc21)c1ccccc1Br. The molecule has 1 aliphatic heterocycles. The van der Waals surface area contributed by atoms with Crippen molar-refractivity contribution in [2.75, 3.05) is 18.0 Å². The maximum Gasteiger partial charge on any atom is 0.0817 e. The number of nitrogens with zero attached hydrogens (tertiary/aromatic N) is 1. The van der Waals surface area contributed by atoms with Crippen LogP contribution in [0.4, 0.5) is 5.69 Å². The van der Waals surface area contributed by atoms with Crippen LogP contribution in [0.5, 0.6) is 0 Å². The molecule has 0 aromatic heterocycles. The molecule has 0 saturated heterocycles. The van der Waals surface area contributed by atoms with E-state index in [1.165, 1.54) is 11.3 Å². The summed E-state index contributed by atoms with van der Waals surface area (Å²) in [7, 11) is 0. The van der Waals surface area contributed by atoms with Crippen molar-refractivity contribution >= 4 is 21.6 Å². The summed E-state index contributed by atoms with van der Waals surface area (Å²) in [5.41, 5.74) is 3.72. The lowest BCUT2D eigenvalue weighted by Gasteiger charge is -2.21. The van der Waals surface area contributed by atoms with Gasteiger partial charge in [0, 0.05) is 23.2 Å². The van der Waals surface area contributed by atoms with Gasteiger partial charge in [-0.05, 0) is 36.1 Å². The molecule has 0 aliphatic carbocycles. The predicted molar refractivity (Wildman–Crippen MR) is 86.1 cm³/mol. The van der Waals surface area contributed by atoms with E-state index in [4.69, 9.17) is 0 Å². The maximum atomic E-state index is 10.4. The van der Waals surface area contributed by atoms with Gasteiger partial charge >= 0.3 is 0 Å². The van der Waals surface area contributed by atoms with Gasteiger partial charge in [0.15, 0.2) is 0 Å². The van der Waals surface area contributed by atoms with E-state index in [0.717, 1.165) is 36.0 Å². The Hall–Kier alpha value is -1.32. The Balaban J connectivity index is 1.65. The van der Waals surface area contributed by atoms with Crippen molar-refractivity contribution in [3.05, 3.63) is 64.1 Å². The molecule has 0 saturated carbocycles. The molecule has 20 heavy (non-hydrogen) atoms. The molecule has 0 spiro atoms. The van der Waals surface area contributed by atoms with E-state index in [-0.39, 0.29) is 0 Å². The molecule has 1 N–H and O–H groups in total. The van der Waals surface area contributed by atoms with Crippen LogP contribution in [0.1, 0.15) is 23.7 Å². The summed E-state index contributed by atoms with van der Waals surface area (Å²) in [6, 6.07) is 16.4. The third-order valence-electron chi connectivity index (χ3n) is 3.92. The molecule has 104 valence electrons. The number of rotatable bonds is 4. The topological polar surface area (TPSA) is 23.5 Å². The Kier molecular flexibility index (Phi) is 4.08. The Bertz CT molecular complexity index is 599. The van der Waals surface area contributed by atoms with E-state index in [9.17, 15) is 5.11 Å². The van der Waals surface area contributed by atoms with E-state index >= 15 is 0 Å². The minimum Gasteiger partial charge on any atom is -0.388 e. The second-order valence-corrected chi connectivity index (χ2v) is 6.05. The summed E-state index contributed by atoms with van der Waals surface area (Å²) in [5.74, 6) is 0. The van der Waals surface area contributed by atoms with Crippen LogP contribution in [0.2, 0.25) is 0 Å². The first-order valence-corrected chi connectivity index (χ1v) is 7.80. The van der Waals surface area contributed by atoms with Crippen LogP contribution in [-0.2, 0) is 6.42 Å². The molecule has 1 aliphatic rings. The molecule has 2 aromatic carbocycles. The number of para-hydroxylation sites is 1. The highest BCUT2D eigenvalue weighted by molar-refractivity contribution is 9.10. The zero-order valence-electron chi connectivity index (χ0n) is 11.3. The van der Waals surface area contributed by atoms with Gasteiger partial charge in [0.2, 0.25) is 0 Å². The molecule has 1 atom stereocenters. The molecule has 3 rings (SSSR count). The number of benzene rings is 2. The standard InChI is InChI=1S/C17H18BrNO/c18-15-7-3-2-6-14(15)17(20)10-12-19-11-9-13-5-1-4-8-16(13)19/h1-8,17,20H,9-12H2. The van der Waals surface area contributed by atoms with Crippen molar-refractivity contribution in [3.8, 4) is 0 Å². The highest BCUT2D eigenvalue weighted by Gasteiger charge is 2.19. The quantitative estimate of drug-likeness (QED) is 0.917. The Labute approximate surface area is 128 Å². The van der Waals surface area contributed by atoms with Crippen LogP contribution in [0, 0.1) is 0 Å². The third-order valence-corrected chi connectivity index (χ3v) is 4.64. The summed E-state index contributed by atoms with van der Waals surface area (Å²) in [5, 5.41) is 10.4. The fourth-order valence-electron chi connectivity index (χ4n) is 2.82. The summed E-state index contributed by atoms with van der Waals surface area (Å²) >= 11 is 3.50. The monoisotopic (exact) mass is 331 g/mol. The molecule has 0 amide bonds. The van der Waals surface area contributed by atoms with Crippen molar-refractivity contribution in [3.63, 3.8) is 0 Å². The van der Waals surface area contributed by atoms with E-state index in [0.29, 0.717) is 0 Å². The van der Waals surface area contributed by atoms with Gasteiger partial charge in [0.05, 0.1) is 6.10 Å². The fraction of sp³-hybridized carbons (Fsp3) is 0.294. The number of anilines is 1. The molecular formula is C17H18BrNO. The Morgan fingerprint density at radius 1 is 1.10 bits per heavy atom. The molecule has 1 unspecified atom stereocenters. The minimum atomic E-state index is -0.418. The van der Waals surface area contributed by atoms with Gasteiger partial charge in [0.25, 0.3) is 0 Å². The zero-order chi connectivity index (χ0) is 13.9. The molecule has 1 heterocycles. The average Bonchev–Trinajstić information content (AvgIpc) is 2.88. The fourth-order valence-corrected chi connectivity index (χ4v) is 3.37. The molecule has 2 aromatic rings. The molecule has 0 radical (unpaired) electrons. The minimum absolute atomic E-state index is 0.418. The maximum absolute atomic E-state index is 10.4. The van der Waals surface area contributed by atoms with Crippen LogP contribution >= 0.6 is 15.9 Å². The highest BCUT2D eigenvalue weighted by Crippen LogP contribution is 2.30. The van der Waals surface area contributed by atoms with Gasteiger partial charge in [-0.2, -0.15) is 0 Å². The third kappa shape index (κ3) is 2.74. The first-order valence-electron chi connectivity index (χ1n) is 7.01. The van der Waals surface area contributed by atoms with Crippen molar-refractivity contribution < 1.29 is 5.11 Å².